The van der Waals surface area contributed by atoms with E-state index in [1.807, 2.05) is 24.4 Å². The van der Waals surface area contributed by atoms with Crippen LogP contribution in [-0.2, 0) is 4.74 Å². The Balaban J connectivity index is 1.80. The Hall–Kier alpha value is -1.40. The molecule has 1 aliphatic heterocycles. The average Bonchev–Trinajstić information content (AvgIpc) is 2.48. The molecule has 1 aliphatic rings. The number of nitrogens with zero attached hydrogens (tertiary/aromatic N) is 3. The molecule has 0 spiro atoms. The maximum atomic E-state index is 5.44. The molecule has 110 valence electrons. The molecular weight excluding hydrogens is 272 g/mol. The van der Waals surface area contributed by atoms with Crippen molar-refractivity contribution in [3.63, 3.8) is 0 Å². The van der Waals surface area contributed by atoms with E-state index in [0.29, 0.717) is 6.61 Å². The van der Waals surface area contributed by atoms with Gasteiger partial charge in [0.2, 0.25) is 0 Å². The van der Waals surface area contributed by atoms with Crippen LogP contribution in [0.2, 0.25) is 0 Å². The first-order valence-corrected chi connectivity index (χ1v) is 7.32. The molecule has 0 bridgehead atoms. The summed E-state index contributed by atoms with van der Waals surface area (Å²) in [5, 5.41) is 4.12. The molecule has 0 unspecified atom stereocenters. The summed E-state index contributed by atoms with van der Waals surface area (Å²) < 4.78 is 5.11. The van der Waals surface area contributed by atoms with Gasteiger partial charge in [-0.15, -0.1) is 0 Å². The number of nitrogens with one attached hydrogen (secondary N) is 1. The van der Waals surface area contributed by atoms with Gasteiger partial charge in [-0.05, 0) is 31.3 Å². The minimum Gasteiger partial charge on any atom is -0.383 e. The highest BCUT2D eigenvalue weighted by Crippen LogP contribution is 2.12. The van der Waals surface area contributed by atoms with E-state index in [2.05, 4.69) is 27.0 Å². The van der Waals surface area contributed by atoms with Crippen molar-refractivity contribution in [2.75, 3.05) is 44.8 Å². The summed E-state index contributed by atoms with van der Waals surface area (Å²) in [4.78, 5) is 8.89. The Labute approximate surface area is 125 Å². The number of thiocarbonyl (C=S) groups is 1. The number of aromatic nitrogens is 1. The normalized spacial score (nSPS) is 16.9. The molecule has 1 N–H and O–H groups in total. The molecule has 0 saturated carbocycles. The lowest BCUT2D eigenvalue weighted by Gasteiger charge is -2.37. The second-order valence-electron chi connectivity index (χ2n) is 4.97. The van der Waals surface area contributed by atoms with Crippen molar-refractivity contribution < 1.29 is 4.74 Å². The van der Waals surface area contributed by atoms with Crippen LogP contribution >= 0.6 is 12.2 Å². The van der Waals surface area contributed by atoms with Gasteiger partial charge in [0.25, 0.3) is 0 Å². The first kappa shape index (κ1) is 15.0. The Kier molecular flexibility index (Phi) is 5.55. The van der Waals surface area contributed by atoms with Crippen molar-refractivity contribution >= 4 is 23.1 Å². The van der Waals surface area contributed by atoms with Gasteiger partial charge in [-0.2, -0.15) is 0 Å². The zero-order valence-corrected chi connectivity index (χ0v) is 12.9. The standard InChI is InChI=1S/C14H22N4OS/c1-12(11-19-2)16-14(20)18-9-7-17(8-10-18)13-5-3-4-6-15-13/h3-6,12H,7-11H2,1-2H3,(H,16,20)/t12-/m0/s1. The quantitative estimate of drug-likeness (QED) is 0.839. The molecule has 1 aromatic heterocycles. The van der Waals surface area contributed by atoms with Crippen LogP contribution in [-0.4, -0.2) is 60.9 Å². The number of anilines is 1. The Morgan fingerprint density at radius 1 is 1.40 bits per heavy atom. The molecule has 0 aromatic carbocycles. The van der Waals surface area contributed by atoms with Gasteiger partial charge in [0, 0.05) is 45.5 Å². The molecule has 1 saturated heterocycles. The molecule has 0 amide bonds. The number of rotatable bonds is 4. The van der Waals surface area contributed by atoms with Gasteiger partial charge in [0.15, 0.2) is 5.11 Å². The minimum absolute atomic E-state index is 0.237. The van der Waals surface area contributed by atoms with E-state index in [4.69, 9.17) is 17.0 Å². The van der Waals surface area contributed by atoms with Crippen molar-refractivity contribution in [3.05, 3.63) is 24.4 Å². The Morgan fingerprint density at radius 3 is 2.75 bits per heavy atom. The molecule has 20 heavy (non-hydrogen) atoms. The molecule has 2 rings (SSSR count). The molecule has 1 aromatic rings. The summed E-state index contributed by atoms with van der Waals surface area (Å²) in [6.45, 7) is 6.45. The SMILES string of the molecule is COC[C@H](C)NC(=S)N1CCN(c2ccccn2)CC1. The van der Waals surface area contributed by atoms with Crippen LogP contribution in [0.25, 0.3) is 0 Å². The number of hydrogen-bond donors (Lipinski definition) is 1. The summed E-state index contributed by atoms with van der Waals surface area (Å²) in [6, 6.07) is 6.25. The van der Waals surface area contributed by atoms with E-state index in [1.165, 1.54) is 0 Å². The molecule has 0 aliphatic carbocycles. The number of piperazine rings is 1. The number of pyridine rings is 1. The van der Waals surface area contributed by atoms with Crippen LogP contribution in [0.3, 0.4) is 0 Å². The maximum absolute atomic E-state index is 5.44. The highest BCUT2D eigenvalue weighted by atomic mass is 32.1. The number of ether oxygens (including phenoxy) is 1. The van der Waals surface area contributed by atoms with Crippen LogP contribution in [0.15, 0.2) is 24.4 Å². The van der Waals surface area contributed by atoms with E-state index in [0.717, 1.165) is 37.1 Å². The number of hydrogen-bond acceptors (Lipinski definition) is 4. The molecular formula is C14H22N4OS. The van der Waals surface area contributed by atoms with Gasteiger partial charge >= 0.3 is 0 Å². The van der Waals surface area contributed by atoms with E-state index in [1.54, 1.807) is 7.11 Å². The topological polar surface area (TPSA) is 40.6 Å². The van der Waals surface area contributed by atoms with E-state index < -0.39 is 0 Å². The van der Waals surface area contributed by atoms with Gasteiger partial charge < -0.3 is 19.9 Å². The van der Waals surface area contributed by atoms with Crippen molar-refractivity contribution in [2.45, 2.75) is 13.0 Å². The predicted octanol–water partition coefficient (Wildman–Crippen LogP) is 1.11. The largest absolute Gasteiger partial charge is 0.383 e. The fourth-order valence-corrected chi connectivity index (χ4v) is 2.66. The third kappa shape index (κ3) is 4.05. The Bertz CT molecular complexity index is 420. The third-order valence-corrected chi connectivity index (χ3v) is 3.70. The number of methoxy groups -OCH3 is 1. The van der Waals surface area contributed by atoms with Gasteiger partial charge in [-0.3, -0.25) is 0 Å². The monoisotopic (exact) mass is 294 g/mol. The second-order valence-corrected chi connectivity index (χ2v) is 5.35. The summed E-state index contributed by atoms with van der Waals surface area (Å²) >= 11 is 5.44. The van der Waals surface area contributed by atoms with Crippen molar-refractivity contribution in [2.24, 2.45) is 0 Å². The zero-order valence-electron chi connectivity index (χ0n) is 12.1. The van der Waals surface area contributed by atoms with Crippen LogP contribution in [0.1, 0.15) is 6.92 Å². The van der Waals surface area contributed by atoms with E-state index in [9.17, 15) is 0 Å². The van der Waals surface area contributed by atoms with Crippen LogP contribution in [0, 0.1) is 0 Å². The highest BCUT2D eigenvalue weighted by molar-refractivity contribution is 7.80. The first-order valence-electron chi connectivity index (χ1n) is 6.91. The van der Waals surface area contributed by atoms with Crippen molar-refractivity contribution in [3.8, 4) is 0 Å². The fraction of sp³-hybridized carbons (Fsp3) is 0.571. The lowest BCUT2D eigenvalue weighted by atomic mass is 10.3. The summed E-state index contributed by atoms with van der Waals surface area (Å²) in [5.41, 5.74) is 0. The summed E-state index contributed by atoms with van der Waals surface area (Å²) in [6.07, 6.45) is 1.83. The highest BCUT2D eigenvalue weighted by Gasteiger charge is 2.20. The maximum Gasteiger partial charge on any atom is 0.169 e. The Morgan fingerprint density at radius 2 is 2.15 bits per heavy atom. The molecule has 1 fully saturated rings. The molecule has 5 nitrogen and oxygen atoms in total. The first-order chi connectivity index (χ1) is 9.70. The van der Waals surface area contributed by atoms with Crippen LogP contribution in [0.5, 0.6) is 0 Å². The van der Waals surface area contributed by atoms with E-state index >= 15 is 0 Å². The van der Waals surface area contributed by atoms with Gasteiger partial charge in [0.1, 0.15) is 5.82 Å². The van der Waals surface area contributed by atoms with Gasteiger partial charge in [-0.1, -0.05) is 6.07 Å². The van der Waals surface area contributed by atoms with E-state index in [-0.39, 0.29) is 6.04 Å². The van der Waals surface area contributed by atoms with Crippen molar-refractivity contribution in [1.82, 2.24) is 15.2 Å². The van der Waals surface area contributed by atoms with Gasteiger partial charge in [-0.25, -0.2) is 4.98 Å². The van der Waals surface area contributed by atoms with Crippen LogP contribution < -0.4 is 10.2 Å². The predicted molar refractivity (Wildman–Crippen MR) is 85.1 cm³/mol. The lowest BCUT2D eigenvalue weighted by molar-refractivity contribution is 0.177. The van der Waals surface area contributed by atoms with Gasteiger partial charge in [0.05, 0.1) is 6.61 Å². The van der Waals surface area contributed by atoms with Crippen molar-refractivity contribution in [1.29, 1.82) is 0 Å². The second kappa shape index (κ2) is 7.40. The molecule has 1 atom stereocenters. The molecule has 6 heteroatoms. The van der Waals surface area contributed by atoms with Crippen LogP contribution in [0.4, 0.5) is 5.82 Å². The smallest absolute Gasteiger partial charge is 0.169 e. The summed E-state index contributed by atoms with van der Waals surface area (Å²) in [5.74, 6) is 1.04. The molecule has 2 heterocycles. The average molecular weight is 294 g/mol. The third-order valence-electron chi connectivity index (χ3n) is 3.33. The zero-order chi connectivity index (χ0) is 14.4. The molecule has 0 radical (unpaired) electrons. The fourth-order valence-electron chi connectivity index (χ4n) is 2.27. The lowest BCUT2D eigenvalue weighted by Crippen LogP contribution is -2.53. The summed E-state index contributed by atoms with van der Waals surface area (Å²) in [7, 11) is 1.70. The minimum atomic E-state index is 0.237.